The predicted octanol–water partition coefficient (Wildman–Crippen LogP) is 2.93. The van der Waals surface area contributed by atoms with Crippen molar-refractivity contribution in [1.29, 1.82) is 0 Å². The highest BCUT2D eigenvalue weighted by molar-refractivity contribution is 7.93. The lowest BCUT2D eigenvalue weighted by Gasteiger charge is -2.19. The van der Waals surface area contributed by atoms with Crippen molar-refractivity contribution in [2.24, 2.45) is 5.92 Å². The second-order valence-electron chi connectivity index (χ2n) is 8.14. The zero-order valence-electron chi connectivity index (χ0n) is 17.6. The second kappa shape index (κ2) is 8.66. The van der Waals surface area contributed by atoms with Gasteiger partial charge in [0.2, 0.25) is 11.8 Å². The minimum atomic E-state index is -3.28. The fourth-order valence-electron chi connectivity index (χ4n) is 3.22. The molecule has 8 nitrogen and oxygen atoms in total. The molecule has 2 fully saturated rings. The molecule has 0 bridgehead atoms. The van der Waals surface area contributed by atoms with Crippen LogP contribution in [0.3, 0.4) is 0 Å². The number of carbonyl (C=O) groups is 1. The van der Waals surface area contributed by atoms with Crippen LogP contribution in [0.4, 0.5) is 5.95 Å². The van der Waals surface area contributed by atoms with Gasteiger partial charge in [-0.25, -0.2) is 13.4 Å². The van der Waals surface area contributed by atoms with Gasteiger partial charge in [-0.05, 0) is 43.7 Å². The zero-order chi connectivity index (χ0) is 22.0. The van der Waals surface area contributed by atoms with E-state index >= 15 is 0 Å². The Balaban J connectivity index is 1.60. The van der Waals surface area contributed by atoms with Crippen molar-refractivity contribution < 1.29 is 17.9 Å². The Labute approximate surface area is 182 Å². The summed E-state index contributed by atoms with van der Waals surface area (Å²) in [6.07, 6.45) is 8.20. The molecule has 1 unspecified atom stereocenters. The van der Waals surface area contributed by atoms with Crippen molar-refractivity contribution in [3.63, 3.8) is 0 Å². The van der Waals surface area contributed by atoms with E-state index in [1.807, 2.05) is 30.1 Å². The lowest BCUT2D eigenvalue weighted by molar-refractivity contribution is 0.0937. The number of carbonyl (C=O) groups excluding carboxylic acids is 1. The van der Waals surface area contributed by atoms with Gasteiger partial charge in [0, 0.05) is 31.0 Å². The van der Waals surface area contributed by atoms with E-state index in [4.69, 9.17) is 4.74 Å². The molecule has 1 N–H and O–H groups in total. The van der Waals surface area contributed by atoms with Gasteiger partial charge in [-0.3, -0.25) is 4.79 Å². The number of aromatic nitrogens is 2. The summed E-state index contributed by atoms with van der Waals surface area (Å²) < 4.78 is 29.0. The number of hydrogen-bond acceptors (Lipinski definition) is 7. The quantitative estimate of drug-likeness (QED) is 0.637. The third-order valence-corrected chi connectivity index (χ3v) is 5.97. The van der Waals surface area contributed by atoms with E-state index in [0.29, 0.717) is 17.7 Å². The highest BCUT2D eigenvalue weighted by Crippen LogP contribution is 2.34. The number of hydrogen-bond donors (Lipinski definition) is 1. The molecule has 2 aliphatic carbocycles. The first kappa shape index (κ1) is 21.3. The van der Waals surface area contributed by atoms with Crippen LogP contribution in [0.15, 0.2) is 48.0 Å². The average molecular weight is 443 g/mol. The summed E-state index contributed by atoms with van der Waals surface area (Å²) in [4.78, 5) is 24.0. The molecule has 2 aliphatic rings. The van der Waals surface area contributed by atoms with Crippen LogP contribution < -0.4 is 15.0 Å². The molecule has 2 saturated carbocycles. The first-order valence-electron chi connectivity index (χ1n) is 10.3. The summed E-state index contributed by atoms with van der Waals surface area (Å²) in [7, 11) is -1.35. The molecule has 31 heavy (non-hydrogen) atoms. The Bertz CT molecular complexity index is 1080. The van der Waals surface area contributed by atoms with Crippen LogP contribution in [0.2, 0.25) is 0 Å². The maximum atomic E-state index is 13.1. The molecule has 0 saturated heterocycles. The van der Waals surface area contributed by atoms with E-state index in [1.54, 1.807) is 18.2 Å². The Morgan fingerprint density at radius 1 is 1.23 bits per heavy atom. The Morgan fingerprint density at radius 3 is 2.55 bits per heavy atom. The van der Waals surface area contributed by atoms with Crippen molar-refractivity contribution in [2.45, 2.75) is 37.8 Å². The van der Waals surface area contributed by atoms with Gasteiger partial charge < -0.3 is 15.0 Å². The number of sulfone groups is 1. The van der Waals surface area contributed by atoms with E-state index in [0.717, 1.165) is 37.3 Å². The Kier molecular flexibility index (Phi) is 5.95. The third kappa shape index (κ3) is 5.81. The van der Waals surface area contributed by atoms with Crippen molar-refractivity contribution in [3.05, 3.63) is 53.6 Å². The minimum Gasteiger partial charge on any atom is -0.438 e. The molecule has 2 aromatic rings. The fourth-order valence-corrected chi connectivity index (χ4v) is 3.68. The van der Waals surface area contributed by atoms with Crippen LogP contribution in [-0.4, -0.2) is 49.7 Å². The lowest BCUT2D eigenvalue weighted by Crippen LogP contribution is -2.35. The van der Waals surface area contributed by atoms with E-state index in [9.17, 15) is 13.2 Å². The normalized spacial score (nSPS) is 17.4. The average Bonchev–Trinajstić information content (AvgIpc) is 3.63. The van der Waals surface area contributed by atoms with E-state index in [1.165, 1.54) is 6.20 Å². The molecular formula is C22H26N4O4S. The van der Waals surface area contributed by atoms with Gasteiger partial charge in [0.25, 0.3) is 5.91 Å². The van der Waals surface area contributed by atoms with Gasteiger partial charge >= 0.3 is 0 Å². The SMILES string of the molecule is CN(c1ncc(C(=O)NC(C=CS(C)(=O)=O)C2CC2)c(Oc2ccccc2)n1)C1CC1. The molecule has 1 aromatic heterocycles. The van der Waals surface area contributed by atoms with Crippen LogP contribution in [0, 0.1) is 5.92 Å². The molecular weight excluding hydrogens is 416 g/mol. The Hall–Kier alpha value is -2.94. The summed E-state index contributed by atoms with van der Waals surface area (Å²) >= 11 is 0. The van der Waals surface area contributed by atoms with Crippen molar-refractivity contribution >= 4 is 21.7 Å². The molecule has 1 atom stereocenters. The highest BCUT2D eigenvalue weighted by Gasteiger charge is 2.33. The van der Waals surface area contributed by atoms with Gasteiger partial charge in [-0.15, -0.1) is 0 Å². The topological polar surface area (TPSA) is 101 Å². The van der Waals surface area contributed by atoms with Gasteiger partial charge in [0.15, 0.2) is 9.84 Å². The van der Waals surface area contributed by atoms with Crippen LogP contribution in [0.1, 0.15) is 36.0 Å². The fraction of sp³-hybridized carbons (Fsp3) is 0.409. The van der Waals surface area contributed by atoms with Crippen LogP contribution >= 0.6 is 0 Å². The van der Waals surface area contributed by atoms with E-state index in [2.05, 4.69) is 15.3 Å². The standard InChI is InChI=1S/C22H26N4O4S/c1-26(16-10-11-16)22-23-14-18(21(25-22)30-17-6-4-3-5-7-17)20(27)24-19(15-8-9-15)12-13-31(2,28)29/h3-7,12-16,19H,8-11H2,1-2H3,(H,24,27). The summed E-state index contributed by atoms with van der Waals surface area (Å²) in [5, 5.41) is 4.05. The van der Waals surface area contributed by atoms with E-state index < -0.39 is 15.7 Å². The molecule has 0 spiro atoms. The summed E-state index contributed by atoms with van der Waals surface area (Å²) in [5.74, 6) is 1.05. The molecule has 1 aromatic carbocycles. The van der Waals surface area contributed by atoms with Gasteiger partial charge in [0.05, 0.1) is 6.04 Å². The molecule has 1 heterocycles. The first-order chi connectivity index (χ1) is 14.8. The van der Waals surface area contributed by atoms with Gasteiger partial charge in [-0.1, -0.05) is 24.3 Å². The zero-order valence-corrected chi connectivity index (χ0v) is 18.4. The van der Waals surface area contributed by atoms with Crippen molar-refractivity contribution in [1.82, 2.24) is 15.3 Å². The monoisotopic (exact) mass is 442 g/mol. The number of nitrogens with zero attached hydrogens (tertiary/aromatic N) is 3. The number of rotatable bonds is 9. The summed E-state index contributed by atoms with van der Waals surface area (Å²) in [5.41, 5.74) is 0.204. The summed E-state index contributed by atoms with van der Waals surface area (Å²) in [6, 6.07) is 9.16. The predicted molar refractivity (Wildman–Crippen MR) is 118 cm³/mol. The van der Waals surface area contributed by atoms with Crippen LogP contribution in [-0.2, 0) is 9.84 Å². The number of anilines is 1. The van der Waals surface area contributed by atoms with Gasteiger partial charge in [0.1, 0.15) is 11.3 Å². The summed E-state index contributed by atoms with van der Waals surface area (Å²) in [6.45, 7) is 0. The maximum Gasteiger partial charge on any atom is 0.258 e. The van der Waals surface area contributed by atoms with Crippen LogP contribution in [0.5, 0.6) is 11.6 Å². The molecule has 1 amide bonds. The first-order valence-corrected chi connectivity index (χ1v) is 12.3. The minimum absolute atomic E-state index is 0.169. The van der Waals surface area contributed by atoms with Crippen molar-refractivity contribution in [3.8, 4) is 11.6 Å². The molecule has 0 radical (unpaired) electrons. The maximum absolute atomic E-state index is 13.1. The third-order valence-electron chi connectivity index (χ3n) is 5.31. The lowest BCUT2D eigenvalue weighted by atomic mass is 10.1. The largest absolute Gasteiger partial charge is 0.438 e. The number of ether oxygens (including phenoxy) is 1. The number of nitrogens with one attached hydrogen (secondary N) is 1. The number of amides is 1. The van der Waals surface area contributed by atoms with Crippen LogP contribution in [0.25, 0.3) is 0 Å². The van der Waals surface area contributed by atoms with E-state index in [-0.39, 0.29) is 23.4 Å². The number of benzene rings is 1. The van der Waals surface area contributed by atoms with Crippen molar-refractivity contribution in [2.75, 3.05) is 18.2 Å². The highest BCUT2D eigenvalue weighted by atomic mass is 32.2. The molecule has 0 aliphatic heterocycles. The molecule has 9 heteroatoms. The molecule has 4 rings (SSSR count). The second-order valence-corrected chi connectivity index (χ2v) is 10.1. The smallest absolute Gasteiger partial charge is 0.258 e. The van der Waals surface area contributed by atoms with Gasteiger partial charge in [-0.2, -0.15) is 4.98 Å². The molecule has 164 valence electrons. The Morgan fingerprint density at radius 2 is 1.94 bits per heavy atom. The number of para-hydroxylation sites is 1.